The van der Waals surface area contributed by atoms with Gasteiger partial charge in [0.2, 0.25) is 5.91 Å². The molecule has 0 radical (unpaired) electrons. The summed E-state index contributed by atoms with van der Waals surface area (Å²) in [5.41, 5.74) is 0.838. The first-order chi connectivity index (χ1) is 10.2. The number of piperidine rings is 1. The van der Waals surface area contributed by atoms with Gasteiger partial charge in [0, 0.05) is 18.2 Å². The van der Waals surface area contributed by atoms with Crippen molar-refractivity contribution < 1.29 is 19.4 Å². The minimum absolute atomic E-state index is 0.0332. The van der Waals surface area contributed by atoms with Crippen molar-refractivity contribution in [2.45, 2.75) is 31.7 Å². The van der Waals surface area contributed by atoms with Gasteiger partial charge in [-0.3, -0.25) is 4.79 Å². The van der Waals surface area contributed by atoms with E-state index in [4.69, 9.17) is 9.47 Å². The second-order valence-corrected chi connectivity index (χ2v) is 5.27. The number of likely N-dealkylation sites (tertiary alicyclic amines) is 1. The summed E-state index contributed by atoms with van der Waals surface area (Å²) in [4.78, 5) is 14.3. The van der Waals surface area contributed by atoms with Crippen LogP contribution in [0.2, 0.25) is 0 Å². The first-order valence-corrected chi connectivity index (χ1v) is 7.30. The average Bonchev–Trinajstić information content (AvgIpc) is 2.55. The molecule has 0 bridgehead atoms. The number of hydrogen-bond acceptors (Lipinski definition) is 4. The van der Waals surface area contributed by atoms with Gasteiger partial charge in [0.05, 0.1) is 33.3 Å². The molecule has 1 fully saturated rings. The second kappa shape index (κ2) is 7.31. The zero-order chi connectivity index (χ0) is 15.2. The molecule has 116 valence electrons. The maximum Gasteiger partial charge on any atom is 0.227 e. The standard InChI is InChI=1S/C16H23NO4/c1-20-14-7-6-12(15(10-14)21-2)9-16(19)17-8-4-3-5-13(17)11-18/h6-7,10,13,18H,3-5,8-9,11H2,1-2H3. The molecule has 0 aliphatic carbocycles. The molecule has 2 rings (SSSR count). The van der Waals surface area contributed by atoms with Gasteiger partial charge in [0.15, 0.2) is 0 Å². The molecule has 1 N–H and O–H groups in total. The molecule has 1 unspecified atom stereocenters. The Morgan fingerprint density at radius 1 is 1.33 bits per heavy atom. The van der Waals surface area contributed by atoms with Crippen LogP contribution in [0.1, 0.15) is 24.8 Å². The quantitative estimate of drug-likeness (QED) is 0.896. The van der Waals surface area contributed by atoms with E-state index in [0.29, 0.717) is 11.5 Å². The van der Waals surface area contributed by atoms with Gasteiger partial charge in [-0.2, -0.15) is 0 Å². The Morgan fingerprint density at radius 3 is 2.81 bits per heavy atom. The summed E-state index contributed by atoms with van der Waals surface area (Å²) in [5, 5.41) is 9.41. The van der Waals surface area contributed by atoms with E-state index in [2.05, 4.69) is 0 Å². The highest BCUT2D eigenvalue weighted by atomic mass is 16.5. The third kappa shape index (κ3) is 3.67. The summed E-state index contributed by atoms with van der Waals surface area (Å²) in [6.45, 7) is 0.758. The van der Waals surface area contributed by atoms with Crippen molar-refractivity contribution >= 4 is 5.91 Å². The minimum Gasteiger partial charge on any atom is -0.497 e. The van der Waals surface area contributed by atoms with Crippen molar-refractivity contribution in [2.75, 3.05) is 27.4 Å². The van der Waals surface area contributed by atoms with E-state index in [1.165, 1.54) is 0 Å². The van der Waals surface area contributed by atoms with Gasteiger partial charge in [0.1, 0.15) is 11.5 Å². The van der Waals surface area contributed by atoms with Crippen LogP contribution in [-0.4, -0.2) is 49.3 Å². The highest BCUT2D eigenvalue weighted by Crippen LogP contribution is 2.26. The molecule has 1 amide bonds. The Bertz CT molecular complexity index is 489. The molecular weight excluding hydrogens is 270 g/mol. The number of carbonyl (C=O) groups is 1. The average molecular weight is 293 g/mol. The normalized spacial score (nSPS) is 18.4. The van der Waals surface area contributed by atoms with Crippen LogP contribution in [0.4, 0.5) is 0 Å². The van der Waals surface area contributed by atoms with Crippen LogP contribution in [0.5, 0.6) is 11.5 Å². The number of benzene rings is 1. The lowest BCUT2D eigenvalue weighted by atomic mass is 10.0. The zero-order valence-corrected chi connectivity index (χ0v) is 12.7. The third-order valence-electron chi connectivity index (χ3n) is 3.99. The lowest BCUT2D eigenvalue weighted by Gasteiger charge is -2.34. The van der Waals surface area contributed by atoms with Crippen molar-refractivity contribution in [2.24, 2.45) is 0 Å². The van der Waals surface area contributed by atoms with Gasteiger partial charge >= 0.3 is 0 Å². The van der Waals surface area contributed by atoms with Crippen molar-refractivity contribution in [1.29, 1.82) is 0 Å². The van der Waals surface area contributed by atoms with Crippen molar-refractivity contribution in [3.05, 3.63) is 23.8 Å². The zero-order valence-electron chi connectivity index (χ0n) is 12.7. The predicted molar refractivity (Wildman–Crippen MR) is 79.7 cm³/mol. The first kappa shape index (κ1) is 15.6. The Morgan fingerprint density at radius 2 is 2.14 bits per heavy atom. The molecule has 0 saturated carbocycles. The SMILES string of the molecule is COc1ccc(CC(=O)N2CCCCC2CO)c(OC)c1. The molecule has 5 heteroatoms. The van der Waals surface area contributed by atoms with E-state index in [0.717, 1.165) is 31.4 Å². The predicted octanol–water partition coefficient (Wildman–Crippen LogP) is 1.62. The lowest BCUT2D eigenvalue weighted by molar-refractivity contribution is -0.135. The minimum atomic E-state index is -0.0458. The molecule has 1 aliphatic heterocycles. The molecule has 1 aromatic rings. The first-order valence-electron chi connectivity index (χ1n) is 7.30. The molecular formula is C16H23NO4. The summed E-state index contributed by atoms with van der Waals surface area (Å²) in [6.07, 6.45) is 3.23. The number of aliphatic hydroxyl groups excluding tert-OH is 1. The van der Waals surface area contributed by atoms with Gasteiger partial charge in [0.25, 0.3) is 0 Å². The molecule has 5 nitrogen and oxygen atoms in total. The summed E-state index contributed by atoms with van der Waals surface area (Å²) >= 11 is 0. The summed E-state index contributed by atoms with van der Waals surface area (Å²) in [7, 11) is 3.18. The van der Waals surface area contributed by atoms with Crippen LogP contribution < -0.4 is 9.47 Å². The number of carbonyl (C=O) groups excluding carboxylic acids is 1. The topological polar surface area (TPSA) is 59.0 Å². The Labute approximate surface area is 125 Å². The number of methoxy groups -OCH3 is 2. The molecule has 1 aliphatic rings. The van der Waals surface area contributed by atoms with E-state index in [1.54, 1.807) is 25.2 Å². The number of rotatable bonds is 5. The van der Waals surface area contributed by atoms with E-state index >= 15 is 0 Å². The van der Waals surface area contributed by atoms with E-state index in [9.17, 15) is 9.90 Å². The van der Waals surface area contributed by atoms with E-state index in [1.807, 2.05) is 12.1 Å². The summed E-state index contributed by atoms with van der Waals surface area (Å²) in [6, 6.07) is 5.41. The second-order valence-electron chi connectivity index (χ2n) is 5.27. The third-order valence-corrected chi connectivity index (χ3v) is 3.99. The fraction of sp³-hybridized carbons (Fsp3) is 0.562. The summed E-state index contributed by atoms with van der Waals surface area (Å²) in [5.74, 6) is 1.40. The van der Waals surface area contributed by atoms with E-state index in [-0.39, 0.29) is 25.0 Å². The van der Waals surface area contributed by atoms with Gasteiger partial charge < -0.3 is 19.5 Å². The largest absolute Gasteiger partial charge is 0.497 e. The molecule has 1 heterocycles. The monoisotopic (exact) mass is 293 g/mol. The smallest absolute Gasteiger partial charge is 0.227 e. The van der Waals surface area contributed by atoms with Gasteiger partial charge in [-0.1, -0.05) is 6.07 Å². The van der Waals surface area contributed by atoms with E-state index < -0.39 is 0 Å². The van der Waals surface area contributed by atoms with Crippen LogP contribution in [0.3, 0.4) is 0 Å². The summed E-state index contributed by atoms with van der Waals surface area (Å²) < 4.78 is 10.5. The Hall–Kier alpha value is -1.75. The van der Waals surface area contributed by atoms with Gasteiger partial charge in [-0.25, -0.2) is 0 Å². The fourth-order valence-corrected chi connectivity index (χ4v) is 2.78. The van der Waals surface area contributed by atoms with Gasteiger partial charge in [-0.05, 0) is 25.3 Å². The number of nitrogens with zero attached hydrogens (tertiary/aromatic N) is 1. The maximum atomic E-state index is 12.5. The number of aliphatic hydroxyl groups is 1. The number of hydrogen-bond donors (Lipinski definition) is 1. The molecule has 21 heavy (non-hydrogen) atoms. The number of amides is 1. The fourth-order valence-electron chi connectivity index (χ4n) is 2.78. The highest BCUT2D eigenvalue weighted by molar-refractivity contribution is 5.80. The van der Waals surface area contributed by atoms with Crippen LogP contribution in [0.15, 0.2) is 18.2 Å². The van der Waals surface area contributed by atoms with Gasteiger partial charge in [-0.15, -0.1) is 0 Å². The van der Waals surface area contributed by atoms with Crippen LogP contribution >= 0.6 is 0 Å². The maximum absolute atomic E-state index is 12.5. The molecule has 0 aromatic heterocycles. The molecule has 1 atom stereocenters. The lowest BCUT2D eigenvalue weighted by Crippen LogP contribution is -2.46. The number of ether oxygens (including phenoxy) is 2. The highest BCUT2D eigenvalue weighted by Gasteiger charge is 2.26. The van der Waals surface area contributed by atoms with Crippen molar-refractivity contribution in [1.82, 2.24) is 4.90 Å². The molecule has 1 aromatic carbocycles. The molecule has 0 spiro atoms. The van der Waals surface area contributed by atoms with Crippen LogP contribution in [0, 0.1) is 0 Å². The van der Waals surface area contributed by atoms with Crippen LogP contribution in [-0.2, 0) is 11.2 Å². The Kier molecular flexibility index (Phi) is 5.44. The van der Waals surface area contributed by atoms with Crippen molar-refractivity contribution in [3.8, 4) is 11.5 Å². The Balaban J connectivity index is 2.11. The van der Waals surface area contributed by atoms with Crippen molar-refractivity contribution in [3.63, 3.8) is 0 Å². The molecule has 1 saturated heterocycles. The van der Waals surface area contributed by atoms with Crippen LogP contribution in [0.25, 0.3) is 0 Å².